The average molecular weight is 267 g/mol. The number of rotatable bonds is 3. The van der Waals surface area contributed by atoms with Gasteiger partial charge < -0.3 is 14.8 Å². The largest absolute Gasteiger partial charge is 0.497 e. The lowest BCUT2D eigenvalue weighted by atomic mass is 10.3. The van der Waals surface area contributed by atoms with Gasteiger partial charge in [0.25, 0.3) is 0 Å². The van der Waals surface area contributed by atoms with Crippen LogP contribution in [0.3, 0.4) is 0 Å². The SMILES string of the molecule is COc1ccnc(OC2CCNC2)c1.Cl.Cl. The minimum atomic E-state index is 0. The van der Waals surface area contributed by atoms with E-state index in [1.54, 1.807) is 25.4 Å². The number of pyridine rings is 1. The highest BCUT2D eigenvalue weighted by Crippen LogP contribution is 2.18. The van der Waals surface area contributed by atoms with E-state index in [2.05, 4.69) is 10.3 Å². The Bertz CT molecular complexity index is 307. The lowest BCUT2D eigenvalue weighted by molar-refractivity contribution is 0.213. The summed E-state index contributed by atoms with van der Waals surface area (Å²) >= 11 is 0. The Balaban J connectivity index is 0.00000112. The standard InChI is InChI=1S/C10H14N2O2.2ClH/c1-13-8-3-5-12-10(6-8)14-9-2-4-11-7-9;;/h3,5-6,9,11H,2,4,7H2,1H3;2*1H. The summed E-state index contributed by atoms with van der Waals surface area (Å²) in [6, 6.07) is 3.61. The van der Waals surface area contributed by atoms with Crippen LogP contribution in [0.15, 0.2) is 18.3 Å². The molecule has 1 unspecified atom stereocenters. The zero-order chi connectivity index (χ0) is 9.80. The Hall–Kier alpha value is -0.710. The fraction of sp³-hybridized carbons (Fsp3) is 0.500. The second-order valence-electron chi connectivity index (χ2n) is 3.27. The summed E-state index contributed by atoms with van der Waals surface area (Å²) in [5.41, 5.74) is 0. The van der Waals surface area contributed by atoms with Crippen LogP contribution >= 0.6 is 24.8 Å². The first-order valence-electron chi connectivity index (χ1n) is 4.76. The molecule has 92 valence electrons. The molecule has 1 aromatic heterocycles. The summed E-state index contributed by atoms with van der Waals surface area (Å²) in [5, 5.41) is 3.24. The van der Waals surface area contributed by atoms with Crippen molar-refractivity contribution in [2.24, 2.45) is 0 Å². The molecular weight excluding hydrogens is 251 g/mol. The summed E-state index contributed by atoms with van der Waals surface area (Å²) < 4.78 is 10.7. The number of nitrogens with zero attached hydrogens (tertiary/aromatic N) is 1. The van der Waals surface area contributed by atoms with Crippen LogP contribution in [0.25, 0.3) is 0 Å². The summed E-state index contributed by atoms with van der Waals surface area (Å²) in [5.74, 6) is 1.42. The molecule has 1 fully saturated rings. The molecule has 1 aromatic rings. The van der Waals surface area contributed by atoms with E-state index in [0.29, 0.717) is 5.88 Å². The molecule has 2 rings (SSSR count). The molecule has 1 aliphatic heterocycles. The van der Waals surface area contributed by atoms with E-state index in [4.69, 9.17) is 9.47 Å². The topological polar surface area (TPSA) is 43.4 Å². The molecular formula is C10H16Cl2N2O2. The van der Waals surface area contributed by atoms with Crippen LogP contribution in [0.1, 0.15) is 6.42 Å². The molecule has 4 nitrogen and oxygen atoms in total. The Morgan fingerprint density at radius 2 is 2.25 bits per heavy atom. The second kappa shape index (κ2) is 7.54. The quantitative estimate of drug-likeness (QED) is 0.904. The van der Waals surface area contributed by atoms with Crippen LogP contribution in [0.5, 0.6) is 11.6 Å². The number of nitrogens with one attached hydrogen (secondary N) is 1. The molecule has 0 amide bonds. The maximum atomic E-state index is 5.66. The van der Waals surface area contributed by atoms with Crippen molar-refractivity contribution in [1.29, 1.82) is 0 Å². The number of hydrogen-bond acceptors (Lipinski definition) is 4. The van der Waals surface area contributed by atoms with Crippen molar-refractivity contribution in [3.8, 4) is 11.6 Å². The van der Waals surface area contributed by atoms with E-state index in [0.717, 1.165) is 25.3 Å². The Morgan fingerprint density at radius 1 is 1.44 bits per heavy atom. The summed E-state index contributed by atoms with van der Waals surface area (Å²) in [7, 11) is 1.64. The fourth-order valence-electron chi connectivity index (χ4n) is 1.48. The number of halogens is 2. The van der Waals surface area contributed by atoms with Gasteiger partial charge >= 0.3 is 0 Å². The maximum absolute atomic E-state index is 5.66. The first-order chi connectivity index (χ1) is 6.88. The number of hydrogen-bond donors (Lipinski definition) is 1. The van der Waals surface area contributed by atoms with Gasteiger partial charge in [-0.25, -0.2) is 4.98 Å². The molecule has 16 heavy (non-hydrogen) atoms. The van der Waals surface area contributed by atoms with E-state index in [9.17, 15) is 0 Å². The highest BCUT2D eigenvalue weighted by atomic mass is 35.5. The van der Waals surface area contributed by atoms with E-state index in [1.807, 2.05) is 0 Å². The molecule has 1 atom stereocenters. The van der Waals surface area contributed by atoms with E-state index in [-0.39, 0.29) is 30.9 Å². The Labute approximate surface area is 108 Å². The zero-order valence-electron chi connectivity index (χ0n) is 9.01. The number of aromatic nitrogens is 1. The lowest BCUT2D eigenvalue weighted by Crippen LogP contribution is -2.19. The molecule has 1 N–H and O–H groups in total. The molecule has 0 radical (unpaired) electrons. The van der Waals surface area contributed by atoms with Gasteiger partial charge in [0.2, 0.25) is 5.88 Å². The fourth-order valence-corrected chi connectivity index (χ4v) is 1.48. The molecule has 2 heterocycles. The van der Waals surface area contributed by atoms with Gasteiger partial charge in [-0.2, -0.15) is 0 Å². The molecule has 0 saturated carbocycles. The van der Waals surface area contributed by atoms with Crippen LogP contribution in [0.4, 0.5) is 0 Å². The van der Waals surface area contributed by atoms with Gasteiger partial charge in [0, 0.05) is 18.8 Å². The van der Waals surface area contributed by atoms with Gasteiger partial charge in [0.05, 0.1) is 7.11 Å². The van der Waals surface area contributed by atoms with Crippen LogP contribution in [0, 0.1) is 0 Å². The van der Waals surface area contributed by atoms with Crippen molar-refractivity contribution in [3.63, 3.8) is 0 Å². The van der Waals surface area contributed by atoms with Gasteiger partial charge in [-0.1, -0.05) is 0 Å². The van der Waals surface area contributed by atoms with Crippen molar-refractivity contribution >= 4 is 24.8 Å². The molecule has 6 heteroatoms. The van der Waals surface area contributed by atoms with Crippen molar-refractivity contribution < 1.29 is 9.47 Å². The lowest BCUT2D eigenvalue weighted by Gasteiger charge is -2.11. The third-order valence-corrected chi connectivity index (χ3v) is 2.24. The Kier molecular flexibility index (Phi) is 7.21. The number of methoxy groups -OCH3 is 1. The first kappa shape index (κ1) is 15.3. The molecule has 1 aliphatic rings. The van der Waals surface area contributed by atoms with Gasteiger partial charge in [-0.05, 0) is 19.0 Å². The monoisotopic (exact) mass is 266 g/mol. The average Bonchev–Trinajstić information content (AvgIpc) is 2.71. The number of ether oxygens (including phenoxy) is 2. The summed E-state index contributed by atoms with van der Waals surface area (Å²) in [4.78, 5) is 4.12. The van der Waals surface area contributed by atoms with Crippen LogP contribution in [-0.2, 0) is 0 Å². The third kappa shape index (κ3) is 4.04. The van der Waals surface area contributed by atoms with Gasteiger partial charge in [0.15, 0.2) is 0 Å². The van der Waals surface area contributed by atoms with Crippen molar-refractivity contribution in [1.82, 2.24) is 10.3 Å². The second-order valence-corrected chi connectivity index (χ2v) is 3.27. The predicted octanol–water partition coefficient (Wildman–Crippen LogP) is 1.67. The first-order valence-corrected chi connectivity index (χ1v) is 4.76. The Morgan fingerprint density at radius 3 is 2.88 bits per heavy atom. The summed E-state index contributed by atoms with van der Waals surface area (Å²) in [6.45, 7) is 1.92. The van der Waals surface area contributed by atoms with Gasteiger partial charge in [-0.3, -0.25) is 0 Å². The van der Waals surface area contributed by atoms with Crippen LogP contribution in [0.2, 0.25) is 0 Å². The highest BCUT2D eigenvalue weighted by Gasteiger charge is 2.16. The molecule has 0 bridgehead atoms. The van der Waals surface area contributed by atoms with Crippen molar-refractivity contribution in [3.05, 3.63) is 18.3 Å². The van der Waals surface area contributed by atoms with E-state index in [1.165, 1.54) is 0 Å². The minimum absolute atomic E-state index is 0. The highest BCUT2D eigenvalue weighted by molar-refractivity contribution is 5.85. The van der Waals surface area contributed by atoms with Crippen LogP contribution in [-0.4, -0.2) is 31.3 Å². The maximum Gasteiger partial charge on any atom is 0.217 e. The minimum Gasteiger partial charge on any atom is -0.497 e. The van der Waals surface area contributed by atoms with Crippen molar-refractivity contribution in [2.45, 2.75) is 12.5 Å². The molecule has 0 aliphatic carbocycles. The smallest absolute Gasteiger partial charge is 0.217 e. The van der Waals surface area contributed by atoms with Crippen molar-refractivity contribution in [2.75, 3.05) is 20.2 Å². The zero-order valence-corrected chi connectivity index (χ0v) is 10.6. The molecule has 0 aromatic carbocycles. The third-order valence-electron chi connectivity index (χ3n) is 2.24. The normalized spacial score (nSPS) is 18.2. The molecule has 0 spiro atoms. The van der Waals surface area contributed by atoms with E-state index >= 15 is 0 Å². The summed E-state index contributed by atoms with van der Waals surface area (Å²) in [6.07, 6.45) is 2.98. The van der Waals surface area contributed by atoms with E-state index < -0.39 is 0 Å². The van der Waals surface area contributed by atoms with Crippen LogP contribution < -0.4 is 14.8 Å². The van der Waals surface area contributed by atoms with Gasteiger partial charge in [-0.15, -0.1) is 24.8 Å². The predicted molar refractivity (Wildman–Crippen MR) is 67.2 cm³/mol. The molecule has 1 saturated heterocycles. The van der Waals surface area contributed by atoms with Gasteiger partial charge in [0.1, 0.15) is 11.9 Å².